The minimum atomic E-state index is 0.120. The van der Waals surface area contributed by atoms with E-state index in [1.165, 1.54) is 37.7 Å². The second kappa shape index (κ2) is 9.56. The third-order valence-corrected chi connectivity index (χ3v) is 6.49. The van der Waals surface area contributed by atoms with Crippen LogP contribution in [0.25, 0.3) is 0 Å². The SMILES string of the molecule is CNc1cc([C@H]2CC(=O)N(Cc3ccccc3)C2)nc(CN(C)C2CCCCC2)n1. The van der Waals surface area contributed by atoms with E-state index in [2.05, 4.69) is 29.4 Å². The Bertz CT molecular complexity index is 850. The molecule has 6 heteroatoms. The lowest BCUT2D eigenvalue weighted by Crippen LogP contribution is -2.33. The lowest BCUT2D eigenvalue weighted by molar-refractivity contribution is -0.128. The van der Waals surface area contributed by atoms with Gasteiger partial charge in [-0.2, -0.15) is 0 Å². The van der Waals surface area contributed by atoms with E-state index >= 15 is 0 Å². The first-order chi connectivity index (χ1) is 14.6. The summed E-state index contributed by atoms with van der Waals surface area (Å²) in [7, 11) is 4.08. The minimum Gasteiger partial charge on any atom is -0.373 e. The van der Waals surface area contributed by atoms with Gasteiger partial charge >= 0.3 is 0 Å². The van der Waals surface area contributed by atoms with E-state index in [0.717, 1.165) is 23.9 Å². The molecule has 4 rings (SSSR count). The summed E-state index contributed by atoms with van der Waals surface area (Å²) in [6.07, 6.45) is 7.04. The average Bonchev–Trinajstić information content (AvgIpc) is 3.15. The topological polar surface area (TPSA) is 61.4 Å². The Morgan fingerprint density at radius 1 is 1.13 bits per heavy atom. The predicted molar refractivity (Wildman–Crippen MR) is 119 cm³/mol. The average molecular weight is 408 g/mol. The third kappa shape index (κ3) is 4.98. The first-order valence-corrected chi connectivity index (χ1v) is 11.2. The van der Waals surface area contributed by atoms with Crippen LogP contribution >= 0.6 is 0 Å². The number of nitrogens with zero attached hydrogens (tertiary/aromatic N) is 4. The van der Waals surface area contributed by atoms with Crippen LogP contribution in [0.15, 0.2) is 36.4 Å². The fourth-order valence-corrected chi connectivity index (χ4v) is 4.73. The highest BCUT2D eigenvalue weighted by atomic mass is 16.2. The molecule has 2 aromatic rings. The van der Waals surface area contributed by atoms with Crippen LogP contribution in [0.1, 0.15) is 61.5 Å². The van der Waals surface area contributed by atoms with Gasteiger partial charge in [-0.25, -0.2) is 9.97 Å². The van der Waals surface area contributed by atoms with Crippen molar-refractivity contribution >= 4 is 11.7 Å². The van der Waals surface area contributed by atoms with Crippen molar-refractivity contribution in [1.29, 1.82) is 0 Å². The highest BCUT2D eigenvalue weighted by Gasteiger charge is 2.32. The molecule has 0 bridgehead atoms. The molecule has 1 aliphatic carbocycles. The van der Waals surface area contributed by atoms with Crippen LogP contribution in [0, 0.1) is 0 Å². The van der Waals surface area contributed by atoms with E-state index in [1.807, 2.05) is 36.2 Å². The maximum atomic E-state index is 12.6. The monoisotopic (exact) mass is 407 g/mol. The molecule has 1 amide bonds. The first-order valence-electron chi connectivity index (χ1n) is 11.2. The molecule has 6 nitrogen and oxygen atoms in total. The van der Waals surface area contributed by atoms with Gasteiger partial charge in [0.05, 0.1) is 12.2 Å². The van der Waals surface area contributed by atoms with Crippen LogP contribution in [0.4, 0.5) is 5.82 Å². The fraction of sp³-hybridized carbons (Fsp3) is 0.542. The standard InChI is InChI=1S/C24H33N5O/c1-25-22-14-21(26-23(27-22)17-28(2)20-11-7-4-8-12-20)19-13-24(30)29(16-19)15-18-9-5-3-6-10-18/h3,5-6,9-10,14,19-20H,4,7-8,11-13,15-17H2,1-2H3,(H,25,26,27)/t19-/m0/s1. The zero-order valence-electron chi connectivity index (χ0n) is 18.2. The highest BCUT2D eigenvalue weighted by molar-refractivity contribution is 5.79. The predicted octanol–water partition coefficient (Wildman–Crippen LogP) is 3.80. The van der Waals surface area contributed by atoms with Gasteiger partial charge in [-0.05, 0) is 25.5 Å². The van der Waals surface area contributed by atoms with Crippen LogP contribution < -0.4 is 5.32 Å². The highest BCUT2D eigenvalue weighted by Crippen LogP contribution is 2.30. The number of likely N-dealkylation sites (tertiary alicyclic amines) is 1. The Balaban J connectivity index is 1.46. The molecule has 1 saturated carbocycles. The molecular weight excluding hydrogens is 374 g/mol. The molecule has 1 atom stereocenters. The van der Waals surface area contributed by atoms with Crippen molar-refractivity contribution in [3.05, 3.63) is 53.5 Å². The molecule has 1 aromatic heterocycles. The van der Waals surface area contributed by atoms with Gasteiger partial charge in [0, 0.05) is 44.6 Å². The zero-order chi connectivity index (χ0) is 20.9. The van der Waals surface area contributed by atoms with Crippen molar-refractivity contribution in [3.63, 3.8) is 0 Å². The number of hydrogen-bond donors (Lipinski definition) is 1. The number of anilines is 1. The molecule has 2 fully saturated rings. The quantitative estimate of drug-likeness (QED) is 0.756. The maximum absolute atomic E-state index is 12.6. The lowest BCUT2D eigenvalue weighted by Gasteiger charge is -2.30. The molecular formula is C24H33N5O. The Hall–Kier alpha value is -2.47. The van der Waals surface area contributed by atoms with E-state index in [9.17, 15) is 4.79 Å². The summed E-state index contributed by atoms with van der Waals surface area (Å²) in [4.78, 5) is 26.6. The number of hydrogen-bond acceptors (Lipinski definition) is 5. The number of benzene rings is 1. The molecule has 0 unspecified atom stereocenters. The number of nitrogens with one attached hydrogen (secondary N) is 1. The van der Waals surface area contributed by atoms with Gasteiger partial charge in [-0.1, -0.05) is 49.6 Å². The summed E-state index contributed by atoms with van der Waals surface area (Å²) in [6.45, 7) is 2.13. The molecule has 1 saturated heterocycles. The van der Waals surface area contributed by atoms with Gasteiger partial charge in [0.1, 0.15) is 11.6 Å². The van der Waals surface area contributed by atoms with Crippen molar-refractivity contribution in [2.75, 3.05) is 26.0 Å². The first kappa shape index (κ1) is 20.8. The normalized spacial score (nSPS) is 20.2. The van der Waals surface area contributed by atoms with Crippen molar-refractivity contribution in [3.8, 4) is 0 Å². The Kier molecular flexibility index (Phi) is 6.62. The van der Waals surface area contributed by atoms with Gasteiger partial charge in [0.25, 0.3) is 0 Å². The molecule has 1 N–H and O–H groups in total. The van der Waals surface area contributed by atoms with Gasteiger partial charge in [0.15, 0.2) is 0 Å². The van der Waals surface area contributed by atoms with Gasteiger partial charge in [0.2, 0.25) is 5.91 Å². The number of rotatable bonds is 7. The van der Waals surface area contributed by atoms with Gasteiger partial charge < -0.3 is 10.2 Å². The number of amides is 1. The molecule has 1 aliphatic heterocycles. The summed E-state index contributed by atoms with van der Waals surface area (Å²) >= 11 is 0. The van der Waals surface area contributed by atoms with Crippen LogP contribution in [-0.4, -0.2) is 52.4 Å². The van der Waals surface area contributed by atoms with E-state index in [-0.39, 0.29) is 11.8 Å². The number of carbonyl (C=O) groups excluding carboxylic acids is 1. The van der Waals surface area contributed by atoms with E-state index in [0.29, 0.717) is 25.6 Å². The summed E-state index contributed by atoms with van der Waals surface area (Å²) in [5, 5.41) is 3.18. The van der Waals surface area contributed by atoms with Crippen molar-refractivity contribution < 1.29 is 4.79 Å². The van der Waals surface area contributed by atoms with Crippen LogP contribution in [0.5, 0.6) is 0 Å². The smallest absolute Gasteiger partial charge is 0.223 e. The number of aromatic nitrogens is 2. The maximum Gasteiger partial charge on any atom is 0.223 e. The largest absolute Gasteiger partial charge is 0.373 e. The molecule has 0 spiro atoms. The molecule has 160 valence electrons. The fourth-order valence-electron chi connectivity index (χ4n) is 4.73. The minimum absolute atomic E-state index is 0.120. The summed E-state index contributed by atoms with van der Waals surface area (Å²) in [6, 6.07) is 12.8. The third-order valence-electron chi connectivity index (χ3n) is 6.49. The van der Waals surface area contributed by atoms with E-state index in [4.69, 9.17) is 9.97 Å². The van der Waals surface area contributed by atoms with Crippen LogP contribution in [0.3, 0.4) is 0 Å². The Morgan fingerprint density at radius 3 is 2.63 bits per heavy atom. The van der Waals surface area contributed by atoms with Crippen LogP contribution in [-0.2, 0) is 17.9 Å². The zero-order valence-corrected chi connectivity index (χ0v) is 18.2. The Morgan fingerprint density at radius 2 is 1.90 bits per heavy atom. The van der Waals surface area contributed by atoms with Gasteiger partial charge in [-0.15, -0.1) is 0 Å². The Labute approximate surface area is 179 Å². The van der Waals surface area contributed by atoms with Crippen molar-refractivity contribution in [2.45, 2.75) is 63.6 Å². The van der Waals surface area contributed by atoms with Crippen molar-refractivity contribution in [1.82, 2.24) is 19.8 Å². The molecule has 30 heavy (non-hydrogen) atoms. The molecule has 1 aromatic carbocycles. The summed E-state index contributed by atoms with van der Waals surface area (Å²) in [5.41, 5.74) is 2.14. The van der Waals surface area contributed by atoms with E-state index in [1.54, 1.807) is 0 Å². The molecule has 0 radical (unpaired) electrons. The van der Waals surface area contributed by atoms with Crippen molar-refractivity contribution in [2.24, 2.45) is 0 Å². The second-order valence-corrected chi connectivity index (χ2v) is 8.71. The summed E-state index contributed by atoms with van der Waals surface area (Å²) < 4.78 is 0. The molecule has 2 heterocycles. The second-order valence-electron chi connectivity index (χ2n) is 8.71. The summed E-state index contributed by atoms with van der Waals surface area (Å²) in [5.74, 6) is 2.00. The number of carbonyl (C=O) groups is 1. The molecule has 2 aliphatic rings. The van der Waals surface area contributed by atoms with Crippen LogP contribution in [0.2, 0.25) is 0 Å². The van der Waals surface area contributed by atoms with Gasteiger partial charge in [-0.3, -0.25) is 9.69 Å². The van der Waals surface area contributed by atoms with E-state index < -0.39 is 0 Å². The lowest BCUT2D eigenvalue weighted by atomic mass is 9.94.